The average molecular weight is 323 g/mol. The Morgan fingerprint density at radius 3 is 2.78 bits per heavy atom. The molecule has 0 saturated heterocycles. The van der Waals surface area contributed by atoms with Crippen LogP contribution in [0.3, 0.4) is 0 Å². The van der Waals surface area contributed by atoms with E-state index >= 15 is 0 Å². The summed E-state index contributed by atoms with van der Waals surface area (Å²) in [4.78, 5) is 8.54. The number of aromatic nitrogens is 2. The number of nitrogens with zero attached hydrogens (tertiary/aromatic N) is 2. The second-order valence-electron chi connectivity index (χ2n) is 3.73. The Kier molecular flexibility index (Phi) is 3.88. The second-order valence-corrected chi connectivity index (χ2v) is 5.02. The fourth-order valence-electron chi connectivity index (χ4n) is 1.47. The monoisotopic (exact) mass is 322 g/mol. The van der Waals surface area contributed by atoms with E-state index in [2.05, 4.69) is 31.2 Å². The van der Waals surface area contributed by atoms with Crippen molar-refractivity contribution < 1.29 is 0 Å². The van der Waals surface area contributed by atoms with Crippen molar-refractivity contribution in [3.8, 4) is 0 Å². The highest BCUT2D eigenvalue weighted by molar-refractivity contribution is 9.10. The Hall–Kier alpha value is -1.53. The van der Waals surface area contributed by atoms with Gasteiger partial charge in [0.1, 0.15) is 10.7 Å². The molecule has 0 unspecified atom stereocenters. The first kappa shape index (κ1) is 12.9. The Morgan fingerprint density at radius 2 is 2.06 bits per heavy atom. The van der Waals surface area contributed by atoms with Crippen LogP contribution in [-0.4, -0.2) is 15.0 Å². The molecular weight excluding hydrogens is 312 g/mol. The van der Waals surface area contributed by atoms with Gasteiger partial charge in [-0.1, -0.05) is 18.3 Å². The third-order valence-corrected chi connectivity index (χ3v) is 3.19. The SMILES string of the molecule is Cc1ccc(Br)c(Nc2nccnc2C(N)=S)c1. The maximum Gasteiger partial charge on any atom is 0.159 e. The minimum atomic E-state index is 0.217. The lowest BCUT2D eigenvalue weighted by molar-refractivity contribution is 1.18. The first-order chi connectivity index (χ1) is 8.58. The molecule has 0 aliphatic rings. The van der Waals surface area contributed by atoms with Crippen LogP contribution in [0.5, 0.6) is 0 Å². The predicted molar refractivity (Wildman–Crippen MR) is 80.1 cm³/mol. The molecular formula is C12H11BrN4S. The number of hydrogen-bond acceptors (Lipinski definition) is 4. The van der Waals surface area contributed by atoms with Crippen LogP contribution < -0.4 is 11.1 Å². The molecule has 0 radical (unpaired) electrons. The summed E-state index contributed by atoms with van der Waals surface area (Å²) < 4.78 is 0.938. The largest absolute Gasteiger partial charge is 0.388 e. The molecule has 0 spiro atoms. The van der Waals surface area contributed by atoms with Gasteiger partial charge in [0.25, 0.3) is 0 Å². The molecule has 18 heavy (non-hydrogen) atoms. The zero-order chi connectivity index (χ0) is 13.1. The van der Waals surface area contributed by atoms with E-state index in [9.17, 15) is 0 Å². The molecule has 1 heterocycles. The van der Waals surface area contributed by atoms with Crippen LogP contribution in [-0.2, 0) is 0 Å². The maximum absolute atomic E-state index is 5.61. The van der Waals surface area contributed by atoms with Crippen LogP contribution in [0.25, 0.3) is 0 Å². The van der Waals surface area contributed by atoms with Gasteiger partial charge in [-0.2, -0.15) is 0 Å². The standard InChI is InChI=1S/C12H11BrN4S/c1-7-2-3-8(13)9(6-7)17-12-10(11(14)18)15-4-5-16-12/h2-6H,1H3,(H2,14,18)(H,16,17). The van der Waals surface area contributed by atoms with Crippen molar-refractivity contribution >= 4 is 44.6 Å². The molecule has 0 fully saturated rings. The molecule has 1 aromatic carbocycles. The number of thiocarbonyl (C=S) groups is 1. The highest BCUT2D eigenvalue weighted by Gasteiger charge is 2.09. The van der Waals surface area contributed by atoms with Crippen molar-refractivity contribution in [3.05, 3.63) is 46.3 Å². The van der Waals surface area contributed by atoms with Crippen LogP contribution in [0.2, 0.25) is 0 Å². The van der Waals surface area contributed by atoms with Crippen LogP contribution in [0.1, 0.15) is 11.3 Å². The van der Waals surface area contributed by atoms with Crippen LogP contribution in [0.15, 0.2) is 35.1 Å². The van der Waals surface area contributed by atoms with E-state index in [-0.39, 0.29) is 4.99 Å². The smallest absolute Gasteiger partial charge is 0.159 e. The second kappa shape index (κ2) is 5.41. The number of rotatable bonds is 3. The van der Waals surface area contributed by atoms with Crippen molar-refractivity contribution in [2.45, 2.75) is 6.92 Å². The summed E-state index contributed by atoms with van der Waals surface area (Å²) in [5, 5.41) is 3.17. The minimum absolute atomic E-state index is 0.217. The molecule has 6 heteroatoms. The molecule has 2 aromatic rings. The number of nitrogens with one attached hydrogen (secondary N) is 1. The summed E-state index contributed by atoms with van der Waals surface area (Å²) in [6, 6.07) is 5.98. The summed E-state index contributed by atoms with van der Waals surface area (Å²) in [6.45, 7) is 2.02. The van der Waals surface area contributed by atoms with Crippen molar-refractivity contribution in [2.75, 3.05) is 5.32 Å². The van der Waals surface area contributed by atoms with Crippen LogP contribution >= 0.6 is 28.1 Å². The van der Waals surface area contributed by atoms with Crippen molar-refractivity contribution in [1.29, 1.82) is 0 Å². The van der Waals surface area contributed by atoms with E-state index in [1.807, 2.05) is 25.1 Å². The number of anilines is 2. The summed E-state index contributed by atoms with van der Waals surface area (Å²) in [5.41, 5.74) is 8.14. The number of aryl methyl sites for hydroxylation is 1. The van der Waals surface area contributed by atoms with Gasteiger partial charge >= 0.3 is 0 Å². The molecule has 3 N–H and O–H groups in total. The molecule has 1 aromatic heterocycles. The molecule has 2 rings (SSSR count). The zero-order valence-electron chi connectivity index (χ0n) is 9.64. The maximum atomic E-state index is 5.61. The lowest BCUT2D eigenvalue weighted by Crippen LogP contribution is -2.15. The molecule has 0 aliphatic carbocycles. The Bertz CT molecular complexity index is 600. The number of halogens is 1. The van der Waals surface area contributed by atoms with Gasteiger partial charge in [-0.25, -0.2) is 9.97 Å². The van der Waals surface area contributed by atoms with E-state index in [0.29, 0.717) is 11.5 Å². The van der Waals surface area contributed by atoms with Gasteiger partial charge in [-0.15, -0.1) is 0 Å². The summed E-state index contributed by atoms with van der Waals surface area (Å²) in [6.07, 6.45) is 3.15. The van der Waals surface area contributed by atoms with Crippen molar-refractivity contribution in [2.24, 2.45) is 5.73 Å². The van der Waals surface area contributed by atoms with Crippen molar-refractivity contribution in [1.82, 2.24) is 9.97 Å². The Balaban J connectivity index is 2.40. The molecule has 92 valence electrons. The highest BCUT2D eigenvalue weighted by atomic mass is 79.9. The molecule has 0 atom stereocenters. The number of benzene rings is 1. The summed E-state index contributed by atoms with van der Waals surface area (Å²) >= 11 is 8.42. The molecule has 0 aliphatic heterocycles. The van der Waals surface area contributed by atoms with Crippen LogP contribution in [0, 0.1) is 6.92 Å². The Morgan fingerprint density at radius 1 is 1.33 bits per heavy atom. The number of hydrogen-bond donors (Lipinski definition) is 2. The Labute approximate surface area is 119 Å². The number of nitrogens with two attached hydrogens (primary N) is 1. The fraction of sp³-hybridized carbons (Fsp3) is 0.0833. The quantitative estimate of drug-likeness (QED) is 0.851. The normalized spacial score (nSPS) is 10.1. The van der Waals surface area contributed by atoms with Gasteiger partial charge in [0.2, 0.25) is 0 Å². The summed E-state index contributed by atoms with van der Waals surface area (Å²) in [5.74, 6) is 0.552. The van der Waals surface area contributed by atoms with E-state index in [0.717, 1.165) is 15.7 Å². The lowest BCUT2D eigenvalue weighted by Gasteiger charge is -2.11. The average Bonchev–Trinajstić information content (AvgIpc) is 2.34. The topological polar surface area (TPSA) is 63.8 Å². The van der Waals surface area contributed by atoms with E-state index in [1.54, 1.807) is 12.4 Å². The first-order valence-electron chi connectivity index (χ1n) is 5.22. The third-order valence-electron chi connectivity index (χ3n) is 2.31. The van der Waals surface area contributed by atoms with Gasteiger partial charge < -0.3 is 11.1 Å². The van der Waals surface area contributed by atoms with E-state index < -0.39 is 0 Å². The lowest BCUT2D eigenvalue weighted by atomic mass is 10.2. The van der Waals surface area contributed by atoms with Gasteiger partial charge in [-0.05, 0) is 40.5 Å². The fourth-order valence-corrected chi connectivity index (χ4v) is 1.97. The molecule has 0 saturated carbocycles. The zero-order valence-corrected chi connectivity index (χ0v) is 12.0. The van der Waals surface area contributed by atoms with Crippen LogP contribution in [0.4, 0.5) is 11.5 Å². The third kappa shape index (κ3) is 2.83. The van der Waals surface area contributed by atoms with Gasteiger partial charge in [-0.3, -0.25) is 0 Å². The molecule has 4 nitrogen and oxygen atoms in total. The highest BCUT2D eigenvalue weighted by Crippen LogP contribution is 2.26. The van der Waals surface area contributed by atoms with E-state index in [4.69, 9.17) is 18.0 Å². The van der Waals surface area contributed by atoms with Gasteiger partial charge in [0.15, 0.2) is 5.82 Å². The van der Waals surface area contributed by atoms with Crippen molar-refractivity contribution in [3.63, 3.8) is 0 Å². The first-order valence-corrected chi connectivity index (χ1v) is 6.42. The van der Waals surface area contributed by atoms with E-state index in [1.165, 1.54) is 0 Å². The van der Waals surface area contributed by atoms with Gasteiger partial charge in [0.05, 0.1) is 5.69 Å². The van der Waals surface area contributed by atoms with Gasteiger partial charge in [0, 0.05) is 16.9 Å². The summed E-state index contributed by atoms with van der Waals surface area (Å²) in [7, 11) is 0. The molecule has 0 amide bonds. The predicted octanol–water partition coefficient (Wildman–Crippen LogP) is 2.93. The minimum Gasteiger partial charge on any atom is -0.388 e. The molecule has 0 bridgehead atoms.